The van der Waals surface area contributed by atoms with Gasteiger partial charge >= 0.3 is 0 Å². The Morgan fingerprint density at radius 1 is 1.33 bits per heavy atom. The minimum Gasteiger partial charge on any atom is -0.306 e. The van der Waals surface area contributed by atoms with Crippen molar-refractivity contribution in [1.29, 1.82) is 0 Å². The van der Waals surface area contributed by atoms with Crippen molar-refractivity contribution >= 4 is 11.5 Å². The Labute approximate surface area is 130 Å². The number of hydrogen-bond acceptors (Lipinski definition) is 5. The van der Waals surface area contributed by atoms with Crippen molar-refractivity contribution in [2.75, 3.05) is 6.54 Å². The van der Waals surface area contributed by atoms with Crippen LogP contribution < -0.4 is 5.32 Å². The molecule has 21 heavy (non-hydrogen) atoms. The van der Waals surface area contributed by atoms with Gasteiger partial charge in [0, 0.05) is 23.7 Å². The van der Waals surface area contributed by atoms with Crippen molar-refractivity contribution in [1.82, 2.24) is 24.7 Å². The Kier molecular flexibility index (Phi) is 5.11. The third-order valence-electron chi connectivity index (χ3n) is 3.33. The van der Waals surface area contributed by atoms with E-state index in [9.17, 15) is 0 Å². The average Bonchev–Trinajstić information content (AvgIpc) is 3.04. The highest BCUT2D eigenvalue weighted by Gasteiger charge is 2.28. The number of aromatic nitrogens is 4. The van der Waals surface area contributed by atoms with Crippen LogP contribution in [0.1, 0.15) is 63.2 Å². The van der Waals surface area contributed by atoms with Crippen molar-refractivity contribution in [3.8, 4) is 0 Å². The Balaban J connectivity index is 2.36. The summed E-state index contributed by atoms with van der Waals surface area (Å²) < 4.78 is 6.19. The molecule has 2 heterocycles. The molecule has 0 aromatic carbocycles. The van der Waals surface area contributed by atoms with Gasteiger partial charge in [-0.3, -0.25) is 4.68 Å². The molecule has 6 heteroatoms. The van der Waals surface area contributed by atoms with E-state index >= 15 is 0 Å². The summed E-state index contributed by atoms with van der Waals surface area (Å²) in [5.74, 6) is 0. The average molecular weight is 307 g/mol. The zero-order valence-electron chi connectivity index (χ0n) is 13.6. The Morgan fingerprint density at radius 2 is 2.10 bits per heavy atom. The molecule has 0 saturated carbocycles. The molecule has 0 fully saturated rings. The first kappa shape index (κ1) is 16.1. The van der Waals surface area contributed by atoms with Gasteiger partial charge in [-0.1, -0.05) is 39.1 Å². The molecule has 0 aliphatic rings. The standard InChI is InChI=1S/C15H25N5S/c1-6-8-20-10-11(9-17-20)12(16-7-2)13-14(15(3,4)5)18-19-21-13/h9-10,12,16H,6-8H2,1-5H3. The molecule has 0 amide bonds. The molecule has 2 rings (SSSR count). The van der Waals surface area contributed by atoms with Crippen LogP contribution in [-0.2, 0) is 12.0 Å². The lowest BCUT2D eigenvalue weighted by molar-refractivity contribution is 0.542. The topological polar surface area (TPSA) is 55.6 Å². The second kappa shape index (κ2) is 6.66. The summed E-state index contributed by atoms with van der Waals surface area (Å²) >= 11 is 1.48. The van der Waals surface area contributed by atoms with Crippen LogP contribution in [0.3, 0.4) is 0 Å². The molecule has 1 N–H and O–H groups in total. The maximum absolute atomic E-state index is 4.45. The van der Waals surface area contributed by atoms with E-state index in [1.54, 1.807) is 0 Å². The molecule has 1 atom stereocenters. The molecule has 116 valence electrons. The minimum atomic E-state index is -0.00455. The van der Waals surface area contributed by atoms with Crippen LogP contribution in [0.15, 0.2) is 12.4 Å². The number of aryl methyl sites for hydroxylation is 1. The van der Waals surface area contributed by atoms with Crippen molar-refractivity contribution in [3.63, 3.8) is 0 Å². The molecule has 0 saturated heterocycles. The molecule has 5 nitrogen and oxygen atoms in total. The third-order valence-corrected chi connectivity index (χ3v) is 4.12. The number of hydrogen-bond donors (Lipinski definition) is 1. The van der Waals surface area contributed by atoms with E-state index in [0.717, 1.165) is 25.2 Å². The van der Waals surface area contributed by atoms with Gasteiger partial charge in [0.15, 0.2) is 0 Å². The fourth-order valence-electron chi connectivity index (χ4n) is 2.35. The molecule has 2 aromatic rings. The normalized spacial score (nSPS) is 13.6. The molecule has 0 radical (unpaired) electrons. The largest absolute Gasteiger partial charge is 0.306 e. The van der Waals surface area contributed by atoms with Gasteiger partial charge in [-0.2, -0.15) is 5.10 Å². The van der Waals surface area contributed by atoms with Crippen molar-refractivity contribution < 1.29 is 0 Å². The van der Waals surface area contributed by atoms with E-state index in [1.165, 1.54) is 22.0 Å². The van der Waals surface area contributed by atoms with E-state index in [1.807, 2.05) is 10.9 Å². The molecule has 1 unspecified atom stereocenters. The monoisotopic (exact) mass is 307 g/mol. The SMILES string of the molecule is CCCn1cc(C(NCC)c2snnc2C(C)(C)C)cn1. The predicted molar refractivity (Wildman–Crippen MR) is 86.6 cm³/mol. The van der Waals surface area contributed by atoms with E-state index in [0.29, 0.717) is 0 Å². The maximum Gasteiger partial charge on any atom is 0.0860 e. The Morgan fingerprint density at radius 3 is 2.71 bits per heavy atom. The number of rotatable bonds is 6. The van der Waals surface area contributed by atoms with Crippen LogP contribution >= 0.6 is 11.5 Å². The first-order chi connectivity index (χ1) is 9.97. The molecule has 0 bridgehead atoms. The van der Waals surface area contributed by atoms with Gasteiger partial charge in [-0.25, -0.2) is 0 Å². The van der Waals surface area contributed by atoms with Gasteiger partial charge in [0.25, 0.3) is 0 Å². The van der Waals surface area contributed by atoms with Gasteiger partial charge in [-0.05, 0) is 24.5 Å². The molecular formula is C15H25N5S. The van der Waals surface area contributed by atoms with Gasteiger partial charge in [0.05, 0.1) is 22.8 Å². The van der Waals surface area contributed by atoms with Gasteiger partial charge in [0.1, 0.15) is 0 Å². The highest BCUT2D eigenvalue weighted by molar-refractivity contribution is 7.05. The Hall–Kier alpha value is -1.27. The summed E-state index contributed by atoms with van der Waals surface area (Å²) in [6, 6.07) is 0.120. The van der Waals surface area contributed by atoms with Gasteiger partial charge in [0.2, 0.25) is 0 Å². The molecule has 0 aliphatic heterocycles. The number of nitrogens with zero attached hydrogens (tertiary/aromatic N) is 4. The molecular weight excluding hydrogens is 282 g/mol. The van der Waals surface area contributed by atoms with E-state index in [2.05, 4.69) is 60.8 Å². The maximum atomic E-state index is 4.45. The third kappa shape index (κ3) is 3.68. The quantitative estimate of drug-likeness (QED) is 0.891. The van der Waals surface area contributed by atoms with Crippen LogP contribution in [0.5, 0.6) is 0 Å². The fraction of sp³-hybridized carbons (Fsp3) is 0.667. The summed E-state index contributed by atoms with van der Waals surface area (Å²) in [5, 5.41) is 12.4. The Bertz CT molecular complexity index is 567. The van der Waals surface area contributed by atoms with Crippen molar-refractivity contribution in [3.05, 3.63) is 28.5 Å². The van der Waals surface area contributed by atoms with E-state index in [4.69, 9.17) is 0 Å². The fourth-order valence-corrected chi connectivity index (χ4v) is 3.32. The van der Waals surface area contributed by atoms with E-state index < -0.39 is 0 Å². The summed E-state index contributed by atoms with van der Waals surface area (Å²) in [5.41, 5.74) is 2.25. The lowest BCUT2D eigenvalue weighted by Gasteiger charge is -2.21. The molecule has 0 spiro atoms. The van der Waals surface area contributed by atoms with Crippen molar-refractivity contribution in [2.45, 2.75) is 59.0 Å². The van der Waals surface area contributed by atoms with E-state index in [-0.39, 0.29) is 11.5 Å². The van der Waals surface area contributed by atoms with Crippen LogP contribution in [0.2, 0.25) is 0 Å². The van der Waals surface area contributed by atoms with Crippen LogP contribution in [0, 0.1) is 0 Å². The summed E-state index contributed by atoms with van der Waals surface area (Å²) in [6.45, 7) is 12.7. The zero-order chi connectivity index (χ0) is 15.5. The summed E-state index contributed by atoms with van der Waals surface area (Å²) in [7, 11) is 0. The van der Waals surface area contributed by atoms with Crippen LogP contribution in [0.4, 0.5) is 0 Å². The van der Waals surface area contributed by atoms with Crippen molar-refractivity contribution in [2.24, 2.45) is 0 Å². The highest BCUT2D eigenvalue weighted by atomic mass is 32.1. The first-order valence-corrected chi connectivity index (χ1v) is 8.33. The summed E-state index contributed by atoms with van der Waals surface area (Å²) in [6.07, 6.45) is 5.17. The molecule has 2 aromatic heterocycles. The second-order valence-corrected chi connectivity index (χ2v) is 7.05. The minimum absolute atomic E-state index is 0.00455. The predicted octanol–water partition coefficient (Wildman–Crippen LogP) is 3.14. The van der Waals surface area contributed by atoms with Crippen LogP contribution in [0.25, 0.3) is 0 Å². The number of nitrogens with one attached hydrogen (secondary N) is 1. The highest BCUT2D eigenvalue weighted by Crippen LogP contribution is 2.33. The lowest BCUT2D eigenvalue weighted by Crippen LogP contribution is -2.24. The lowest BCUT2D eigenvalue weighted by atomic mass is 9.89. The smallest absolute Gasteiger partial charge is 0.0860 e. The second-order valence-electron chi connectivity index (χ2n) is 6.26. The van der Waals surface area contributed by atoms with Gasteiger partial charge in [-0.15, -0.1) is 5.10 Å². The summed E-state index contributed by atoms with van der Waals surface area (Å²) in [4.78, 5) is 1.19. The van der Waals surface area contributed by atoms with Crippen LogP contribution in [-0.4, -0.2) is 25.9 Å². The first-order valence-electron chi connectivity index (χ1n) is 7.55. The zero-order valence-corrected chi connectivity index (χ0v) is 14.4. The van der Waals surface area contributed by atoms with Gasteiger partial charge < -0.3 is 5.32 Å². The molecule has 0 aliphatic carbocycles.